The Labute approximate surface area is 98.5 Å². The number of nitrogens with one attached hydrogen (secondary N) is 1. The molecule has 0 saturated heterocycles. The minimum absolute atomic E-state index is 0.140. The number of aldehydes is 1. The highest BCUT2D eigenvalue weighted by atomic mass is 16.6. The summed E-state index contributed by atoms with van der Waals surface area (Å²) < 4.78 is 0. The van der Waals surface area contributed by atoms with Gasteiger partial charge < -0.3 is 10.2 Å². The molecular formula is C12H12N2O3. The van der Waals surface area contributed by atoms with Crippen LogP contribution in [0.25, 0.3) is 0 Å². The van der Waals surface area contributed by atoms with Crippen LogP contribution >= 0.6 is 0 Å². The summed E-state index contributed by atoms with van der Waals surface area (Å²) in [6.07, 6.45) is 0.0346. The molecule has 0 aliphatic carbocycles. The van der Waals surface area contributed by atoms with E-state index in [2.05, 4.69) is 10.5 Å². The van der Waals surface area contributed by atoms with E-state index in [-0.39, 0.29) is 5.91 Å². The number of fused-ring (bicyclic) bond motifs is 1. The van der Waals surface area contributed by atoms with Crippen molar-refractivity contribution in [2.75, 3.05) is 5.32 Å². The molecule has 0 saturated carbocycles. The van der Waals surface area contributed by atoms with Crippen LogP contribution in [0.3, 0.4) is 0 Å². The molecule has 0 aromatic heterocycles. The average Bonchev–Trinajstić information content (AvgIpc) is 2.29. The first-order valence-corrected chi connectivity index (χ1v) is 5.19. The van der Waals surface area contributed by atoms with Crippen LogP contribution in [0.2, 0.25) is 0 Å². The van der Waals surface area contributed by atoms with Gasteiger partial charge in [0.25, 0.3) is 0 Å². The highest BCUT2D eigenvalue weighted by molar-refractivity contribution is 6.02. The predicted molar refractivity (Wildman–Crippen MR) is 62.8 cm³/mol. The third-order valence-corrected chi connectivity index (χ3v) is 2.50. The lowest BCUT2D eigenvalue weighted by Gasteiger charge is -2.20. The molecule has 88 valence electrons. The van der Waals surface area contributed by atoms with Gasteiger partial charge in [-0.15, -0.1) is 0 Å². The minimum Gasteiger partial charge on any atom is -0.380 e. The summed E-state index contributed by atoms with van der Waals surface area (Å²) in [7, 11) is 0. The summed E-state index contributed by atoms with van der Waals surface area (Å²) in [4.78, 5) is 26.8. The molecule has 17 heavy (non-hydrogen) atoms. The zero-order chi connectivity index (χ0) is 12.4. The van der Waals surface area contributed by atoms with Crippen LogP contribution in [-0.2, 0) is 14.4 Å². The predicted octanol–water partition coefficient (Wildman–Crippen LogP) is 1.64. The van der Waals surface area contributed by atoms with Gasteiger partial charge in [0, 0.05) is 23.7 Å². The first kappa shape index (κ1) is 11.3. The Kier molecular flexibility index (Phi) is 2.91. The number of amides is 1. The Morgan fingerprint density at radius 1 is 1.53 bits per heavy atom. The normalized spacial score (nSPS) is 17.5. The smallest absolute Gasteiger partial charge is 0.221 e. The second-order valence-electron chi connectivity index (χ2n) is 3.82. The summed E-state index contributed by atoms with van der Waals surface area (Å²) >= 11 is 0. The van der Waals surface area contributed by atoms with E-state index >= 15 is 0 Å². The molecule has 5 nitrogen and oxygen atoms in total. The summed E-state index contributed by atoms with van der Waals surface area (Å²) in [5, 5.41) is 6.50. The zero-order valence-corrected chi connectivity index (χ0v) is 9.56. The average molecular weight is 232 g/mol. The van der Waals surface area contributed by atoms with E-state index in [1.165, 1.54) is 6.92 Å². The van der Waals surface area contributed by atoms with Gasteiger partial charge in [-0.2, -0.15) is 0 Å². The second-order valence-corrected chi connectivity index (χ2v) is 3.82. The largest absolute Gasteiger partial charge is 0.380 e. The molecule has 1 aliphatic heterocycles. The molecular weight excluding hydrogens is 220 g/mol. The summed E-state index contributed by atoms with van der Waals surface area (Å²) in [6, 6.07) is 5.28. The quantitative estimate of drug-likeness (QED) is 0.788. The number of rotatable bonds is 2. The van der Waals surface area contributed by atoms with Crippen LogP contribution in [0.1, 0.15) is 31.1 Å². The monoisotopic (exact) mass is 232 g/mol. The highest BCUT2D eigenvalue weighted by Crippen LogP contribution is 2.28. The van der Waals surface area contributed by atoms with Gasteiger partial charge in [-0.05, 0) is 19.1 Å². The SMILES string of the molecule is CC(=O)Nc1ccc2c(c1)C(C)=NOC2C=O. The number of hydrogen-bond acceptors (Lipinski definition) is 4. The Morgan fingerprint density at radius 3 is 2.94 bits per heavy atom. The molecule has 2 rings (SSSR count). The number of benzene rings is 1. The lowest BCUT2D eigenvalue weighted by atomic mass is 9.98. The minimum atomic E-state index is -0.667. The van der Waals surface area contributed by atoms with E-state index in [1.807, 2.05) is 0 Å². The fourth-order valence-corrected chi connectivity index (χ4v) is 1.74. The Hall–Kier alpha value is -2.17. The standard InChI is InChI=1S/C12H12N2O3/c1-7-11-5-9(13-8(2)16)3-4-10(11)12(6-15)17-14-7/h3-6,12H,1-2H3,(H,13,16). The van der Waals surface area contributed by atoms with Crippen LogP contribution in [0.15, 0.2) is 23.4 Å². The molecule has 0 radical (unpaired) electrons. The third kappa shape index (κ3) is 2.18. The van der Waals surface area contributed by atoms with Gasteiger partial charge in [0.2, 0.25) is 12.0 Å². The summed E-state index contributed by atoms with van der Waals surface area (Å²) in [5.74, 6) is -0.140. The van der Waals surface area contributed by atoms with Crippen molar-refractivity contribution in [2.45, 2.75) is 20.0 Å². The molecule has 0 bridgehead atoms. The topological polar surface area (TPSA) is 67.8 Å². The van der Waals surface area contributed by atoms with Crippen LogP contribution in [-0.4, -0.2) is 17.9 Å². The van der Waals surface area contributed by atoms with Crippen LogP contribution in [0.5, 0.6) is 0 Å². The van der Waals surface area contributed by atoms with Crippen LogP contribution in [0, 0.1) is 0 Å². The fourth-order valence-electron chi connectivity index (χ4n) is 1.74. The number of oxime groups is 1. The lowest BCUT2D eigenvalue weighted by Crippen LogP contribution is -2.16. The van der Waals surface area contributed by atoms with Gasteiger partial charge in [0.15, 0.2) is 6.29 Å². The van der Waals surface area contributed by atoms with Gasteiger partial charge in [0.1, 0.15) is 0 Å². The summed E-state index contributed by atoms with van der Waals surface area (Å²) in [5.41, 5.74) is 2.95. The third-order valence-electron chi connectivity index (χ3n) is 2.50. The molecule has 1 aliphatic rings. The molecule has 1 heterocycles. The van der Waals surface area contributed by atoms with E-state index in [1.54, 1.807) is 25.1 Å². The molecule has 0 fully saturated rings. The van der Waals surface area contributed by atoms with Crippen molar-refractivity contribution in [1.29, 1.82) is 0 Å². The van der Waals surface area contributed by atoms with Crippen molar-refractivity contribution in [3.05, 3.63) is 29.3 Å². The second kappa shape index (κ2) is 4.37. The van der Waals surface area contributed by atoms with Gasteiger partial charge in [-0.1, -0.05) is 11.2 Å². The number of nitrogens with zero attached hydrogens (tertiary/aromatic N) is 1. The lowest BCUT2D eigenvalue weighted by molar-refractivity contribution is -0.118. The Balaban J connectivity index is 2.44. The van der Waals surface area contributed by atoms with Crippen molar-refractivity contribution in [1.82, 2.24) is 0 Å². The molecule has 1 unspecified atom stereocenters. The van der Waals surface area contributed by atoms with Crippen molar-refractivity contribution in [2.24, 2.45) is 5.16 Å². The van der Waals surface area contributed by atoms with Crippen molar-refractivity contribution in [3.8, 4) is 0 Å². The Morgan fingerprint density at radius 2 is 2.29 bits per heavy atom. The molecule has 1 amide bonds. The van der Waals surface area contributed by atoms with Gasteiger partial charge in [0.05, 0.1) is 5.71 Å². The van der Waals surface area contributed by atoms with Gasteiger partial charge >= 0.3 is 0 Å². The Bertz CT molecular complexity index is 508. The molecule has 1 aromatic carbocycles. The van der Waals surface area contributed by atoms with Crippen molar-refractivity contribution in [3.63, 3.8) is 0 Å². The van der Waals surface area contributed by atoms with E-state index in [0.717, 1.165) is 11.1 Å². The van der Waals surface area contributed by atoms with E-state index < -0.39 is 6.10 Å². The molecule has 0 spiro atoms. The van der Waals surface area contributed by atoms with Crippen molar-refractivity contribution >= 4 is 23.6 Å². The maximum atomic E-state index is 11.0. The first-order valence-electron chi connectivity index (χ1n) is 5.19. The van der Waals surface area contributed by atoms with Gasteiger partial charge in [-0.25, -0.2) is 0 Å². The maximum absolute atomic E-state index is 11.0. The van der Waals surface area contributed by atoms with E-state index in [9.17, 15) is 9.59 Å². The molecule has 5 heteroatoms. The van der Waals surface area contributed by atoms with Crippen molar-refractivity contribution < 1.29 is 14.4 Å². The van der Waals surface area contributed by atoms with E-state index in [0.29, 0.717) is 17.7 Å². The van der Waals surface area contributed by atoms with E-state index in [4.69, 9.17) is 4.84 Å². The molecule has 1 atom stereocenters. The zero-order valence-electron chi connectivity index (χ0n) is 9.56. The summed E-state index contributed by atoms with van der Waals surface area (Å²) in [6.45, 7) is 3.23. The highest BCUT2D eigenvalue weighted by Gasteiger charge is 2.22. The number of carbonyl (C=O) groups excluding carboxylic acids is 2. The number of carbonyl (C=O) groups is 2. The fraction of sp³-hybridized carbons (Fsp3) is 0.250. The first-order chi connectivity index (χ1) is 8.11. The molecule has 1 aromatic rings. The van der Waals surface area contributed by atoms with Crippen LogP contribution < -0.4 is 5.32 Å². The number of anilines is 1. The number of hydrogen-bond donors (Lipinski definition) is 1. The van der Waals surface area contributed by atoms with Gasteiger partial charge in [-0.3, -0.25) is 9.59 Å². The molecule has 1 N–H and O–H groups in total. The maximum Gasteiger partial charge on any atom is 0.221 e. The van der Waals surface area contributed by atoms with Crippen LogP contribution in [0.4, 0.5) is 5.69 Å².